The van der Waals surface area contributed by atoms with E-state index in [0.29, 0.717) is 13.0 Å². The Bertz CT molecular complexity index is 692. The largest absolute Gasteiger partial charge is 0.444 e. The molecule has 1 aliphatic rings. The van der Waals surface area contributed by atoms with Crippen molar-refractivity contribution < 1.29 is 17.9 Å². The van der Waals surface area contributed by atoms with Crippen LogP contribution in [0.25, 0.3) is 0 Å². The highest BCUT2D eigenvalue weighted by atomic mass is 32.2. The summed E-state index contributed by atoms with van der Waals surface area (Å²) >= 11 is 0. The molecule has 134 valence electrons. The number of hydrogen-bond acceptors (Lipinski definition) is 4. The van der Waals surface area contributed by atoms with Crippen LogP contribution in [0.1, 0.15) is 44.2 Å². The van der Waals surface area contributed by atoms with Gasteiger partial charge in [-0.15, -0.1) is 0 Å². The molecule has 0 radical (unpaired) electrons. The van der Waals surface area contributed by atoms with E-state index in [9.17, 15) is 13.2 Å². The number of carbonyl (C=O) groups excluding carboxylic acids is 1. The molecular formula is C17H26N2O4S. The van der Waals surface area contributed by atoms with E-state index in [1.807, 2.05) is 31.2 Å². The number of primary sulfonamides is 1. The predicted octanol–water partition coefficient (Wildman–Crippen LogP) is 2.38. The molecule has 0 aromatic heterocycles. The molecule has 24 heavy (non-hydrogen) atoms. The van der Waals surface area contributed by atoms with E-state index in [2.05, 4.69) is 0 Å². The number of piperidine rings is 1. The van der Waals surface area contributed by atoms with E-state index in [-0.39, 0.29) is 12.5 Å². The number of sulfonamides is 1. The second-order valence-electron chi connectivity index (χ2n) is 7.44. The Morgan fingerprint density at radius 3 is 2.29 bits per heavy atom. The van der Waals surface area contributed by atoms with Gasteiger partial charge < -0.3 is 9.64 Å². The minimum absolute atomic E-state index is 0.0656. The predicted molar refractivity (Wildman–Crippen MR) is 93.2 cm³/mol. The van der Waals surface area contributed by atoms with Crippen molar-refractivity contribution in [3.63, 3.8) is 0 Å². The lowest BCUT2D eigenvalue weighted by molar-refractivity contribution is 0.0202. The van der Waals surface area contributed by atoms with Crippen LogP contribution in [0.2, 0.25) is 0 Å². The van der Waals surface area contributed by atoms with Crippen LogP contribution >= 0.6 is 0 Å². The molecule has 1 amide bonds. The third kappa shape index (κ3) is 4.95. The molecule has 0 unspecified atom stereocenters. The van der Waals surface area contributed by atoms with Gasteiger partial charge in [0.2, 0.25) is 10.0 Å². The van der Waals surface area contributed by atoms with Crippen LogP contribution < -0.4 is 5.14 Å². The first kappa shape index (κ1) is 18.7. The summed E-state index contributed by atoms with van der Waals surface area (Å²) in [6, 6.07) is 7.90. The fraction of sp³-hybridized carbons (Fsp3) is 0.588. The molecule has 1 saturated heterocycles. The molecule has 0 aliphatic carbocycles. The van der Waals surface area contributed by atoms with Gasteiger partial charge in [-0.05, 0) is 39.7 Å². The van der Waals surface area contributed by atoms with Crippen LogP contribution in [-0.2, 0) is 14.8 Å². The number of rotatable bonds is 2. The zero-order chi connectivity index (χ0) is 18.1. The second-order valence-corrected chi connectivity index (χ2v) is 9.28. The topological polar surface area (TPSA) is 89.7 Å². The summed E-state index contributed by atoms with van der Waals surface area (Å²) in [5.41, 5.74) is 1.49. The number of benzene rings is 1. The smallest absolute Gasteiger partial charge is 0.410 e. The molecule has 7 heteroatoms. The highest BCUT2D eigenvalue weighted by Gasteiger charge is 2.37. The molecule has 2 N–H and O–H groups in total. The molecule has 1 aromatic carbocycles. The molecule has 0 bridgehead atoms. The van der Waals surface area contributed by atoms with Crippen LogP contribution in [0.4, 0.5) is 4.79 Å². The maximum absolute atomic E-state index is 12.4. The Morgan fingerprint density at radius 2 is 1.79 bits per heavy atom. The Balaban J connectivity index is 2.26. The summed E-state index contributed by atoms with van der Waals surface area (Å²) in [5, 5.41) is 4.57. The van der Waals surface area contributed by atoms with Gasteiger partial charge in [-0.1, -0.05) is 29.8 Å². The van der Waals surface area contributed by atoms with Crippen molar-refractivity contribution >= 4 is 16.1 Å². The summed E-state index contributed by atoms with van der Waals surface area (Å²) in [6.07, 6.45) is -0.103. The van der Waals surface area contributed by atoms with Gasteiger partial charge in [0.1, 0.15) is 5.60 Å². The van der Waals surface area contributed by atoms with E-state index in [1.165, 1.54) is 4.90 Å². The van der Waals surface area contributed by atoms with Crippen LogP contribution in [0.5, 0.6) is 0 Å². The third-order valence-electron chi connectivity index (χ3n) is 4.08. The Morgan fingerprint density at radius 1 is 1.21 bits per heavy atom. The number of likely N-dealkylation sites (tertiary alicyclic amines) is 1. The van der Waals surface area contributed by atoms with Gasteiger partial charge in [0, 0.05) is 19.0 Å². The van der Waals surface area contributed by atoms with Gasteiger partial charge in [-0.2, -0.15) is 0 Å². The van der Waals surface area contributed by atoms with Crippen molar-refractivity contribution in [3.8, 4) is 0 Å². The van der Waals surface area contributed by atoms with Crippen molar-refractivity contribution in [2.45, 2.75) is 50.9 Å². The van der Waals surface area contributed by atoms with Crippen LogP contribution in [0.3, 0.4) is 0 Å². The average molecular weight is 354 g/mol. The van der Waals surface area contributed by atoms with Crippen molar-refractivity contribution in [1.82, 2.24) is 4.90 Å². The van der Waals surface area contributed by atoms with Gasteiger partial charge in [0.05, 0.1) is 5.25 Å². The fourth-order valence-electron chi connectivity index (χ4n) is 2.85. The van der Waals surface area contributed by atoms with Crippen molar-refractivity contribution in [2.75, 3.05) is 13.1 Å². The lowest BCUT2D eigenvalue weighted by Gasteiger charge is -2.37. The average Bonchev–Trinajstić information content (AvgIpc) is 2.45. The van der Waals surface area contributed by atoms with E-state index >= 15 is 0 Å². The van der Waals surface area contributed by atoms with Gasteiger partial charge in [-0.3, -0.25) is 0 Å². The molecule has 0 spiro atoms. The summed E-state index contributed by atoms with van der Waals surface area (Å²) in [7, 11) is -3.73. The van der Waals surface area contributed by atoms with Gasteiger partial charge in [0.25, 0.3) is 0 Å². The van der Waals surface area contributed by atoms with Crippen molar-refractivity contribution in [3.05, 3.63) is 35.4 Å². The van der Waals surface area contributed by atoms with E-state index in [4.69, 9.17) is 9.88 Å². The van der Waals surface area contributed by atoms with E-state index in [0.717, 1.165) is 11.1 Å². The molecule has 2 rings (SSSR count). The zero-order valence-electron chi connectivity index (χ0n) is 14.7. The number of aryl methyl sites for hydroxylation is 1. The summed E-state index contributed by atoms with van der Waals surface area (Å²) in [5.74, 6) is -0.0878. The Kier molecular flexibility index (Phi) is 5.25. The first-order chi connectivity index (χ1) is 11.0. The minimum Gasteiger partial charge on any atom is -0.444 e. The van der Waals surface area contributed by atoms with Crippen molar-refractivity contribution in [2.24, 2.45) is 5.14 Å². The zero-order valence-corrected chi connectivity index (χ0v) is 15.5. The molecule has 1 aromatic rings. The lowest BCUT2D eigenvalue weighted by atomic mass is 9.90. The Labute approximate surface area is 144 Å². The van der Waals surface area contributed by atoms with Crippen LogP contribution in [0, 0.1) is 6.92 Å². The number of nitrogens with two attached hydrogens (primary N) is 1. The maximum atomic E-state index is 12.4. The first-order valence-electron chi connectivity index (χ1n) is 8.02. The summed E-state index contributed by atoms with van der Waals surface area (Å²) in [6.45, 7) is 7.82. The van der Waals surface area contributed by atoms with Gasteiger partial charge in [-0.25, -0.2) is 18.4 Å². The van der Waals surface area contributed by atoms with E-state index in [1.54, 1.807) is 20.8 Å². The van der Waals surface area contributed by atoms with Gasteiger partial charge in [0.15, 0.2) is 0 Å². The number of nitrogens with zero attached hydrogens (tertiary/aromatic N) is 1. The molecule has 0 saturated carbocycles. The summed E-state index contributed by atoms with van der Waals surface area (Å²) < 4.78 is 29.1. The van der Waals surface area contributed by atoms with E-state index < -0.39 is 27.0 Å². The summed E-state index contributed by atoms with van der Waals surface area (Å²) in [4.78, 5) is 13.8. The maximum Gasteiger partial charge on any atom is 0.410 e. The highest BCUT2D eigenvalue weighted by molar-refractivity contribution is 7.89. The van der Waals surface area contributed by atoms with Crippen LogP contribution in [-0.4, -0.2) is 43.4 Å². The second kappa shape index (κ2) is 6.72. The molecular weight excluding hydrogens is 328 g/mol. The SMILES string of the molecule is Cc1ccc([C@@H]2C[C@@H](S(N)(=O)=O)CN(C(=O)OC(C)(C)C)C2)cc1. The third-order valence-corrected chi connectivity index (χ3v) is 5.35. The number of ether oxygens (including phenoxy) is 1. The lowest BCUT2D eigenvalue weighted by Crippen LogP contribution is -2.50. The van der Waals surface area contributed by atoms with Gasteiger partial charge >= 0.3 is 6.09 Å². The molecule has 1 fully saturated rings. The molecule has 2 atom stereocenters. The molecule has 6 nitrogen and oxygen atoms in total. The van der Waals surface area contributed by atoms with Crippen molar-refractivity contribution in [1.29, 1.82) is 0 Å². The monoisotopic (exact) mass is 354 g/mol. The quantitative estimate of drug-likeness (QED) is 0.883. The Hall–Kier alpha value is -1.60. The standard InChI is InChI=1S/C17H26N2O4S/c1-12-5-7-13(8-6-12)14-9-15(24(18,21)22)11-19(10-14)16(20)23-17(2,3)4/h5-8,14-15H,9-11H2,1-4H3,(H2,18,21,22)/t14-,15-/m1/s1. The normalized spacial score (nSPS) is 22.3. The number of hydrogen-bond donors (Lipinski definition) is 1. The number of carbonyl (C=O) groups is 1. The van der Waals surface area contributed by atoms with Crippen LogP contribution in [0.15, 0.2) is 24.3 Å². The highest BCUT2D eigenvalue weighted by Crippen LogP contribution is 2.30. The molecule has 1 heterocycles. The first-order valence-corrected chi connectivity index (χ1v) is 9.63. The fourth-order valence-corrected chi connectivity index (χ4v) is 3.73. The molecule has 1 aliphatic heterocycles. The number of amides is 1. The minimum atomic E-state index is -3.73.